The molecule has 0 heterocycles. The molecule has 0 amide bonds. The molecule has 0 aliphatic rings. The van der Waals surface area contributed by atoms with Crippen LogP contribution in [0.15, 0.2) is 36.4 Å². The number of amidine groups is 4. The van der Waals surface area contributed by atoms with Crippen LogP contribution in [0.3, 0.4) is 0 Å². The molecule has 0 saturated heterocycles. The molecule has 0 aliphatic carbocycles. The first kappa shape index (κ1) is 16.7. The van der Waals surface area contributed by atoms with Gasteiger partial charge in [0.05, 0.1) is 0 Å². The minimum Gasteiger partial charge on any atom is -0.384 e. The highest BCUT2D eigenvalue weighted by Crippen LogP contribution is 2.30. The van der Waals surface area contributed by atoms with E-state index in [2.05, 4.69) is 0 Å². The molecule has 8 nitrogen and oxygen atoms in total. The lowest BCUT2D eigenvalue weighted by atomic mass is 9.88. The second-order valence-corrected chi connectivity index (χ2v) is 5.11. The summed E-state index contributed by atoms with van der Waals surface area (Å²) in [5.41, 5.74) is 24.7. The van der Waals surface area contributed by atoms with Crippen molar-refractivity contribution < 1.29 is 0 Å². The standard InChI is InChI=1S/C16H18N8/c17-13(18)9-5-1-3-7(11(9)15(21)22)8-4-2-6-10(14(19)20)12(8)16(23)24/h1-6H,(H3,17,18)(H3,19,20)(H3,21,22)(H3,23,24). The molecule has 0 bridgehead atoms. The molecule has 8 heteroatoms. The Labute approximate surface area is 138 Å². The van der Waals surface area contributed by atoms with E-state index in [1.54, 1.807) is 36.4 Å². The van der Waals surface area contributed by atoms with Crippen molar-refractivity contribution in [3.05, 3.63) is 58.7 Å². The van der Waals surface area contributed by atoms with Gasteiger partial charge in [-0.1, -0.05) is 36.4 Å². The molecule has 2 rings (SSSR count). The SMILES string of the molecule is N=C(N)c1cccc(-c2cccc(C(=N)N)c2C(=N)N)c1C(=N)N. The Hall–Kier alpha value is -3.68. The second kappa shape index (κ2) is 6.21. The minimum absolute atomic E-state index is 0.228. The zero-order valence-corrected chi connectivity index (χ0v) is 12.8. The van der Waals surface area contributed by atoms with E-state index in [9.17, 15) is 0 Å². The molecule has 0 fully saturated rings. The zero-order chi connectivity index (χ0) is 18.0. The molecule has 0 aliphatic heterocycles. The summed E-state index contributed by atoms with van der Waals surface area (Å²) in [6.45, 7) is 0. The van der Waals surface area contributed by atoms with Crippen LogP contribution in [0, 0.1) is 21.6 Å². The number of nitrogens with one attached hydrogen (secondary N) is 4. The predicted molar refractivity (Wildman–Crippen MR) is 95.9 cm³/mol. The van der Waals surface area contributed by atoms with E-state index in [0.717, 1.165) is 0 Å². The van der Waals surface area contributed by atoms with Crippen LogP contribution in [-0.2, 0) is 0 Å². The smallest absolute Gasteiger partial charge is 0.124 e. The van der Waals surface area contributed by atoms with E-state index in [1.807, 2.05) is 0 Å². The van der Waals surface area contributed by atoms with Crippen molar-refractivity contribution in [2.45, 2.75) is 0 Å². The quantitative estimate of drug-likeness (QED) is 0.292. The van der Waals surface area contributed by atoms with Gasteiger partial charge in [-0.3, -0.25) is 21.6 Å². The Bertz CT molecular complexity index is 808. The van der Waals surface area contributed by atoms with Gasteiger partial charge < -0.3 is 22.9 Å². The third kappa shape index (κ3) is 2.80. The summed E-state index contributed by atoms with van der Waals surface area (Å²) in [6, 6.07) is 9.89. The summed E-state index contributed by atoms with van der Waals surface area (Å²) in [7, 11) is 0. The van der Waals surface area contributed by atoms with Crippen LogP contribution in [0.25, 0.3) is 11.1 Å². The fourth-order valence-corrected chi connectivity index (χ4v) is 2.58. The number of nitrogens with two attached hydrogens (primary N) is 4. The third-order valence-corrected chi connectivity index (χ3v) is 3.54. The van der Waals surface area contributed by atoms with Crippen molar-refractivity contribution in [3.8, 4) is 11.1 Å². The zero-order valence-electron chi connectivity index (χ0n) is 12.8. The van der Waals surface area contributed by atoms with Crippen LogP contribution >= 0.6 is 0 Å². The van der Waals surface area contributed by atoms with Gasteiger partial charge in [0.15, 0.2) is 0 Å². The van der Waals surface area contributed by atoms with E-state index >= 15 is 0 Å². The van der Waals surface area contributed by atoms with Crippen LogP contribution < -0.4 is 22.9 Å². The first-order valence-corrected chi connectivity index (χ1v) is 6.89. The van der Waals surface area contributed by atoms with E-state index in [1.165, 1.54) is 0 Å². The van der Waals surface area contributed by atoms with Gasteiger partial charge in [0, 0.05) is 22.3 Å². The minimum atomic E-state index is -0.265. The first-order valence-electron chi connectivity index (χ1n) is 6.89. The van der Waals surface area contributed by atoms with Gasteiger partial charge in [-0.05, 0) is 11.1 Å². The maximum atomic E-state index is 7.85. The van der Waals surface area contributed by atoms with Gasteiger partial charge in [0.1, 0.15) is 23.3 Å². The molecule has 0 radical (unpaired) electrons. The first-order chi connectivity index (χ1) is 11.3. The van der Waals surface area contributed by atoms with Gasteiger partial charge in [0.25, 0.3) is 0 Å². The van der Waals surface area contributed by atoms with Gasteiger partial charge in [0.2, 0.25) is 0 Å². The largest absolute Gasteiger partial charge is 0.384 e. The van der Waals surface area contributed by atoms with Crippen LogP contribution in [0.5, 0.6) is 0 Å². The molecule has 2 aromatic carbocycles. The molecule has 0 saturated carbocycles. The summed E-state index contributed by atoms with van der Waals surface area (Å²) in [4.78, 5) is 0. The van der Waals surface area contributed by atoms with Crippen molar-refractivity contribution in [2.24, 2.45) is 22.9 Å². The summed E-state index contributed by atoms with van der Waals surface area (Å²) in [5, 5.41) is 31.1. The number of benzene rings is 2. The average Bonchev–Trinajstić information content (AvgIpc) is 2.52. The highest BCUT2D eigenvalue weighted by Gasteiger charge is 2.20. The normalized spacial score (nSPS) is 10.2. The van der Waals surface area contributed by atoms with Crippen molar-refractivity contribution >= 4 is 23.3 Å². The van der Waals surface area contributed by atoms with Crippen LogP contribution in [0.1, 0.15) is 22.3 Å². The highest BCUT2D eigenvalue weighted by atomic mass is 14.7. The third-order valence-electron chi connectivity index (χ3n) is 3.54. The number of hydrogen-bond donors (Lipinski definition) is 8. The molecule has 24 heavy (non-hydrogen) atoms. The summed E-state index contributed by atoms with van der Waals surface area (Å²) in [5.74, 6) is -0.986. The number of hydrogen-bond acceptors (Lipinski definition) is 4. The molecule has 0 unspecified atom stereocenters. The Morgan fingerprint density at radius 1 is 0.542 bits per heavy atom. The molecule has 0 atom stereocenters. The van der Waals surface area contributed by atoms with Crippen LogP contribution in [-0.4, -0.2) is 23.3 Å². The van der Waals surface area contributed by atoms with Gasteiger partial charge in [-0.2, -0.15) is 0 Å². The van der Waals surface area contributed by atoms with Gasteiger partial charge >= 0.3 is 0 Å². The topological polar surface area (TPSA) is 199 Å². The van der Waals surface area contributed by atoms with Crippen LogP contribution in [0.4, 0.5) is 0 Å². The molecule has 2 aromatic rings. The number of rotatable bonds is 5. The predicted octanol–water partition coefficient (Wildman–Crippen LogP) is 0.490. The van der Waals surface area contributed by atoms with E-state index in [0.29, 0.717) is 22.3 Å². The van der Waals surface area contributed by atoms with Crippen molar-refractivity contribution in [3.63, 3.8) is 0 Å². The highest BCUT2D eigenvalue weighted by molar-refractivity contribution is 6.16. The maximum absolute atomic E-state index is 7.85. The Morgan fingerprint density at radius 2 is 0.875 bits per heavy atom. The maximum Gasteiger partial charge on any atom is 0.124 e. The summed E-state index contributed by atoms with van der Waals surface area (Å²) in [6.07, 6.45) is 0. The Morgan fingerprint density at radius 3 is 1.12 bits per heavy atom. The van der Waals surface area contributed by atoms with E-state index < -0.39 is 0 Å². The summed E-state index contributed by atoms with van der Waals surface area (Å²) < 4.78 is 0. The molecular formula is C16H18N8. The Kier molecular flexibility index (Phi) is 4.32. The van der Waals surface area contributed by atoms with Gasteiger partial charge in [-0.15, -0.1) is 0 Å². The monoisotopic (exact) mass is 322 g/mol. The lowest BCUT2D eigenvalue weighted by Gasteiger charge is -2.17. The Balaban J connectivity index is 2.93. The molecule has 0 aromatic heterocycles. The van der Waals surface area contributed by atoms with Crippen molar-refractivity contribution in [1.29, 1.82) is 21.6 Å². The second-order valence-electron chi connectivity index (χ2n) is 5.11. The fourth-order valence-electron chi connectivity index (χ4n) is 2.58. The van der Waals surface area contributed by atoms with Gasteiger partial charge in [-0.25, -0.2) is 0 Å². The number of nitrogen functional groups attached to an aromatic ring is 4. The fraction of sp³-hybridized carbons (Fsp3) is 0. The average molecular weight is 322 g/mol. The molecule has 0 spiro atoms. The lowest BCUT2D eigenvalue weighted by molar-refractivity contribution is 1.36. The summed E-state index contributed by atoms with van der Waals surface area (Å²) >= 11 is 0. The molecule has 122 valence electrons. The molecular weight excluding hydrogens is 304 g/mol. The lowest BCUT2D eigenvalue weighted by Crippen LogP contribution is -2.24. The van der Waals surface area contributed by atoms with Crippen molar-refractivity contribution in [1.82, 2.24) is 0 Å². The van der Waals surface area contributed by atoms with Crippen LogP contribution in [0.2, 0.25) is 0 Å². The van der Waals surface area contributed by atoms with Crippen molar-refractivity contribution in [2.75, 3.05) is 0 Å². The van der Waals surface area contributed by atoms with E-state index in [4.69, 9.17) is 44.6 Å². The molecule has 12 N–H and O–H groups in total. The van der Waals surface area contributed by atoms with E-state index in [-0.39, 0.29) is 34.5 Å².